The van der Waals surface area contributed by atoms with Crippen LogP contribution in [0.25, 0.3) is 0 Å². The summed E-state index contributed by atoms with van der Waals surface area (Å²) in [6.07, 6.45) is 0.920. The van der Waals surface area contributed by atoms with E-state index in [0.29, 0.717) is 17.5 Å². The minimum atomic E-state index is 0.198. The predicted octanol–water partition coefficient (Wildman–Crippen LogP) is 2.90. The molecule has 9 heteroatoms. The van der Waals surface area contributed by atoms with E-state index in [1.807, 2.05) is 18.2 Å². The number of benzene rings is 1. The Hall–Kier alpha value is -2.26. The van der Waals surface area contributed by atoms with Gasteiger partial charge < -0.3 is 11.1 Å². The SMILES string of the molecule is CCc1ccccc1Nc1nc(N)nc(CSc2nncs2)n1. The fourth-order valence-corrected chi connectivity index (χ4v) is 3.32. The Bertz CT molecular complexity index is 777. The van der Waals surface area contributed by atoms with E-state index in [1.54, 1.807) is 5.51 Å². The van der Waals surface area contributed by atoms with Crippen molar-refractivity contribution >= 4 is 40.7 Å². The number of nitrogens with two attached hydrogens (primary N) is 1. The summed E-state index contributed by atoms with van der Waals surface area (Å²) in [5.74, 6) is 1.82. The van der Waals surface area contributed by atoms with Gasteiger partial charge in [0.15, 0.2) is 4.34 Å². The molecule has 0 saturated carbocycles. The summed E-state index contributed by atoms with van der Waals surface area (Å²) >= 11 is 3.00. The second-order valence-corrected chi connectivity index (χ2v) is 6.62. The van der Waals surface area contributed by atoms with Crippen LogP contribution in [-0.2, 0) is 12.2 Å². The van der Waals surface area contributed by atoms with Crippen LogP contribution in [0.5, 0.6) is 0 Å². The summed E-state index contributed by atoms with van der Waals surface area (Å²) in [5, 5.41) is 11.0. The molecule has 7 nitrogen and oxygen atoms in total. The van der Waals surface area contributed by atoms with E-state index in [4.69, 9.17) is 5.73 Å². The van der Waals surface area contributed by atoms with Crippen molar-refractivity contribution in [3.8, 4) is 0 Å². The molecule has 118 valence electrons. The Balaban J connectivity index is 1.77. The van der Waals surface area contributed by atoms with Gasteiger partial charge in [0.2, 0.25) is 11.9 Å². The van der Waals surface area contributed by atoms with Crippen LogP contribution in [0.15, 0.2) is 34.1 Å². The van der Waals surface area contributed by atoms with Gasteiger partial charge in [0, 0.05) is 5.69 Å². The van der Waals surface area contributed by atoms with Crippen molar-refractivity contribution in [1.29, 1.82) is 0 Å². The smallest absolute Gasteiger partial charge is 0.232 e. The molecule has 3 rings (SSSR count). The van der Waals surface area contributed by atoms with E-state index in [1.165, 1.54) is 28.7 Å². The lowest BCUT2D eigenvalue weighted by atomic mass is 10.1. The van der Waals surface area contributed by atoms with Crippen LogP contribution in [-0.4, -0.2) is 25.1 Å². The number of aryl methyl sites for hydroxylation is 1. The molecule has 2 aromatic heterocycles. The van der Waals surface area contributed by atoms with Crippen molar-refractivity contribution in [3.05, 3.63) is 41.2 Å². The van der Waals surface area contributed by atoms with Crippen molar-refractivity contribution in [2.45, 2.75) is 23.4 Å². The molecule has 3 aromatic rings. The topological polar surface area (TPSA) is 102 Å². The van der Waals surface area contributed by atoms with Gasteiger partial charge in [0.05, 0.1) is 5.75 Å². The molecule has 2 heterocycles. The summed E-state index contributed by atoms with van der Waals surface area (Å²) in [5.41, 5.74) is 9.66. The normalized spacial score (nSPS) is 10.7. The van der Waals surface area contributed by atoms with E-state index in [0.717, 1.165) is 16.4 Å². The second kappa shape index (κ2) is 7.34. The summed E-state index contributed by atoms with van der Waals surface area (Å²) in [6, 6.07) is 8.04. The highest BCUT2D eigenvalue weighted by Gasteiger charge is 2.08. The number of nitrogens with one attached hydrogen (secondary N) is 1. The van der Waals surface area contributed by atoms with E-state index in [2.05, 4.69) is 43.5 Å². The maximum Gasteiger partial charge on any atom is 0.232 e. The van der Waals surface area contributed by atoms with Crippen molar-refractivity contribution in [2.24, 2.45) is 0 Å². The molecule has 1 aromatic carbocycles. The molecule has 23 heavy (non-hydrogen) atoms. The first kappa shape index (κ1) is 15.6. The molecule has 3 N–H and O–H groups in total. The van der Waals surface area contributed by atoms with Gasteiger partial charge in [-0.2, -0.15) is 15.0 Å². The summed E-state index contributed by atoms with van der Waals surface area (Å²) in [4.78, 5) is 12.8. The highest BCUT2D eigenvalue weighted by atomic mass is 32.2. The molecule has 0 radical (unpaired) electrons. The Kier molecular flexibility index (Phi) is 4.99. The van der Waals surface area contributed by atoms with Crippen molar-refractivity contribution < 1.29 is 0 Å². The van der Waals surface area contributed by atoms with Gasteiger partial charge in [-0.05, 0) is 18.1 Å². The first-order chi connectivity index (χ1) is 11.2. The predicted molar refractivity (Wildman–Crippen MR) is 92.8 cm³/mol. The number of para-hydroxylation sites is 1. The lowest BCUT2D eigenvalue weighted by Crippen LogP contribution is -2.07. The summed E-state index contributed by atoms with van der Waals surface area (Å²) in [7, 11) is 0. The van der Waals surface area contributed by atoms with Crippen molar-refractivity contribution in [2.75, 3.05) is 11.1 Å². The number of aromatic nitrogens is 5. The maximum absolute atomic E-state index is 5.80. The maximum atomic E-state index is 5.80. The van der Waals surface area contributed by atoms with E-state index < -0.39 is 0 Å². The van der Waals surface area contributed by atoms with Crippen molar-refractivity contribution in [3.63, 3.8) is 0 Å². The van der Waals surface area contributed by atoms with Gasteiger partial charge in [-0.3, -0.25) is 0 Å². The van der Waals surface area contributed by atoms with E-state index in [-0.39, 0.29) is 5.95 Å². The molecule has 0 aliphatic rings. The van der Waals surface area contributed by atoms with Crippen LogP contribution in [0.4, 0.5) is 17.6 Å². The monoisotopic (exact) mass is 345 g/mol. The summed E-state index contributed by atoms with van der Waals surface area (Å²) in [6.45, 7) is 2.10. The molecule has 0 aliphatic heterocycles. The van der Waals surface area contributed by atoms with Gasteiger partial charge in [-0.15, -0.1) is 10.2 Å². The van der Waals surface area contributed by atoms with Gasteiger partial charge in [0.25, 0.3) is 0 Å². The Labute approximate surface area is 141 Å². The number of nitrogen functional groups attached to an aromatic ring is 1. The van der Waals surface area contributed by atoms with E-state index >= 15 is 0 Å². The zero-order valence-corrected chi connectivity index (χ0v) is 14.1. The van der Waals surface area contributed by atoms with Crippen LogP contribution in [0.3, 0.4) is 0 Å². The number of anilines is 3. The first-order valence-electron chi connectivity index (χ1n) is 6.99. The fourth-order valence-electron chi connectivity index (χ4n) is 1.98. The highest BCUT2D eigenvalue weighted by molar-refractivity contribution is 8.00. The minimum absolute atomic E-state index is 0.198. The molecule has 0 amide bonds. The molecule has 0 atom stereocenters. The van der Waals surface area contributed by atoms with Gasteiger partial charge in [-0.25, -0.2) is 0 Å². The Morgan fingerprint density at radius 1 is 1.22 bits per heavy atom. The largest absolute Gasteiger partial charge is 0.368 e. The third-order valence-electron chi connectivity index (χ3n) is 3.01. The standard InChI is InChI=1S/C14H15N7S2/c1-2-9-5-3-4-6-10(9)17-13-19-11(18-12(15)20-13)7-22-14-21-16-8-23-14/h3-6,8H,2,7H2,1H3,(H3,15,17,18,19,20). The molecule has 0 unspecified atom stereocenters. The fraction of sp³-hybridized carbons (Fsp3) is 0.214. The highest BCUT2D eigenvalue weighted by Crippen LogP contribution is 2.24. The van der Waals surface area contributed by atoms with Crippen LogP contribution >= 0.6 is 23.1 Å². The zero-order valence-electron chi connectivity index (χ0n) is 12.4. The second-order valence-electron chi connectivity index (χ2n) is 4.56. The quantitative estimate of drug-likeness (QED) is 0.657. The number of nitrogens with zero attached hydrogens (tertiary/aromatic N) is 5. The molecular formula is C14H15N7S2. The van der Waals surface area contributed by atoms with Gasteiger partial charge in [-0.1, -0.05) is 48.2 Å². The summed E-state index contributed by atoms with van der Waals surface area (Å²) < 4.78 is 0.870. The average Bonchev–Trinajstić information content (AvgIpc) is 3.06. The van der Waals surface area contributed by atoms with Gasteiger partial charge >= 0.3 is 0 Å². The molecule has 0 aliphatic carbocycles. The molecule has 0 saturated heterocycles. The number of thioether (sulfide) groups is 1. The van der Waals surface area contributed by atoms with E-state index in [9.17, 15) is 0 Å². The van der Waals surface area contributed by atoms with Crippen LogP contribution in [0.2, 0.25) is 0 Å². The molecule has 0 fully saturated rings. The number of hydrogen-bond donors (Lipinski definition) is 2. The lowest BCUT2D eigenvalue weighted by molar-refractivity contribution is 0.973. The van der Waals surface area contributed by atoms with Crippen LogP contribution in [0.1, 0.15) is 18.3 Å². The third-order valence-corrected chi connectivity index (χ3v) is 4.86. The molecule has 0 spiro atoms. The Morgan fingerprint density at radius 2 is 2.09 bits per heavy atom. The van der Waals surface area contributed by atoms with Crippen LogP contribution in [0, 0.1) is 0 Å². The van der Waals surface area contributed by atoms with Crippen molar-refractivity contribution in [1.82, 2.24) is 25.1 Å². The third kappa shape index (κ3) is 4.14. The van der Waals surface area contributed by atoms with Gasteiger partial charge in [0.1, 0.15) is 11.3 Å². The molecular weight excluding hydrogens is 330 g/mol. The minimum Gasteiger partial charge on any atom is -0.368 e. The molecule has 0 bridgehead atoms. The number of rotatable bonds is 6. The zero-order chi connectivity index (χ0) is 16.1. The lowest BCUT2D eigenvalue weighted by Gasteiger charge is -2.10. The van der Waals surface area contributed by atoms with Crippen LogP contribution < -0.4 is 11.1 Å². The first-order valence-corrected chi connectivity index (χ1v) is 8.85. The number of hydrogen-bond acceptors (Lipinski definition) is 9. The average molecular weight is 345 g/mol. The Morgan fingerprint density at radius 3 is 2.87 bits per heavy atom.